The molecule has 0 atom stereocenters. The normalized spacial score (nSPS) is 10.8. The van der Waals surface area contributed by atoms with E-state index in [1.54, 1.807) is 0 Å². The third kappa shape index (κ3) is 2.24. The number of nitrogens with two attached hydrogens (primary N) is 1. The average Bonchev–Trinajstić information content (AvgIpc) is 2.23. The van der Waals surface area contributed by atoms with Crippen molar-refractivity contribution in [2.75, 3.05) is 0 Å². The molecule has 0 fully saturated rings. The number of hydrogen-bond donors (Lipinski definition) is 1. The molecule has 0 spiro atoms. The topological polar surface area (TPSA) is 56.0 Å². The summed E-state index contributed by atoms with van der Waals surface area (Å²) in [5, 5.41) is 1.62. The number of benzene rings is 1. The Labute approximate surface area is 105 Å². The Hall–Kier alpha value is -1.61. The number of primary amides is 1. The number of carbonyl (C=O) groups is 1. The van der Waals surface area contributed by atoms with Gasteiger partial charge in [0, 0.05) is 16.1 Å². The molecular weight excluding hydrogens is 236 g/mol. The van der Waals surface area contributed by atoms with Crippen LogP contribution in [-0.2, 0) is 11.2 Å². The summed E-state index contributed by atoms with van der Waals surface area (Å²) >= 11 is 6.07. The van der Waals surface area contributed by atoms with E-state index in [-0.39, 0.29) is 12.3 Å². The van der Waals surface area contributed by atoms with Crippen LogP contribution in [0, 0.1) is 13.8 Å². The van der Waals surface area contributed by atoms with E-state index in [4.69, 9.17) is 17.3 Å². The number of carbonyl (C=O) groups excluding carboxylic acids is 1. The van der Waals surface area contributed by atoms with E-state index in [1.165, 1.54) is 0 Å². The molecule has 88 valence electrons. The van der Waals surface area contributed by atoms with Gasteiger partial charge >= 0.3 is 0 Å². The molecule has 2 rings (SSSR count). The molecule has 1 heterocycles. The minimum absolute atomic E-state index is 0.223. The van der Waals surface area contributed by atoms with Crippen molar-refractivity contribution in [1.82, 2.24) is 4.98 Å². The van der Waals surface area contributed by atoms with Gasteiger partial charge in [-0.05, 0) is 37.1 Å². The third-order valence-corrected chi connectivity index (χ3v) is 3.16. The molecule has 3 nitrogen and oxygen atoms in total. The third-order valence-electron chi connectivity index (χ3n) is 2.75. The minimum atomic E-state index is -0.343. The number of fused-ring (bicyclic) bond motifs is 1. The zero-order valence-electron chi connectivity index (χ0n) is 9.75. The molecule has 0 radical (unpaired) electrons. The molecule has 0 aliphatic carbocycles. The van der Waals surface area contributed by atoms with Crippen LogP contribution in [0.4, 0.5) is 0 Å². The van der Waals surface area contributed by atoms with Crippen molar-refractivity contribution in [3.63, 3.8) is 0 Å². The Bertz CT molecular complexity index is 608. The average molecular weight is 249 g/mol. The first-order valence-electron chi connectivity index (χ1n) is 5.32. The molecule has 0 aliphatic rings. The summed E-state index contributed by atoms with van der Waals surface area (Å²) in [5.41, 5.74) is 8.78. The summed E-state index contributed by atoms with van der Waals surface area (Å²) in [6.07, 6.45) is 0.223. The SMILES string of the molecule is Cc1cc(CC(N)=O)c2ccc(Cl)c(C)c2n1. The van der Waals surface area contributed by atoms with Crippen molar-refractivity contribution >= 4 is 28.4 Å². The van der Waals surface area contributed by atoms with Gasteiger partial charge in [0.15, 0.2) is 0 Å². The maximum Gasteiger partial charge on any atom is 0.221 e. The summed E-state index contributed by atoms with van der Waals surface area (Å²) in [4.78, 5) is 15.5. The van der Waals surface area contributed by atoms with Crippen molar-refractivity contribution in [3.8, 4) is 0 Å². The summed E-state index contributed by atoms with van der Waals surface area (Å²) in [6, 6.07) is 5.59. The molecule has 1 aromatic carbocycles. The Balaban J connectivity index is 2.76. The lowest BCUT2D eigenvalue weighted by molar-refractivity contribution is -0.117. The molecule has 1 aromatic heterocycles. The molecule has 0 saturated carbocycles. The van der Waals surface area contributed by atoms with Crippen LogP contribution in [0.2, 0.25) is 5.02 Å². The number of aryl methyl sites for hydroxylation is 2. The first kappa shape index (κ1) is 11.9. The van der Waals surface area contributed by atoms with Crippen molar-refractivity contribution in [3.05, 3.63) is 40.0 Å². The van der Waals surface area contributed by atoms with Gasteiger partial charge in [0.25, 0.3) is 0 Å². The number of amides is 1. The van der Waals surface area contributed by atoms with Gasteiger partial charge in [0.2, 0.25) is 5.91 Å². The van der Waals surface area contributed by atoms with Gasteiger partial charge in [0.1, 0.15) is 0 Å². The van der Waals surface area contributed by atoms with Gasteiger partial charge in [0.05, 0.1) is 11.9 Å². The predicted molar refractivity (Wildman–Crippen MR) is 69.1 cm³/mol. The van der Waals surface area contributed by atoms with E-state index in [1.807, 2.05) is 32.0 Å². The smallest absolute Gasteiger partial charge is 0.221 e. The van der Waals surface area contributed by atoms with Crippen LogP contribution in [0.3, 0.4) is 0 Å². The molecule has 1 amide bonds. The standard InChI is InChI=1S/C13H13ClN2O/c1-7-5-9(6-12(15)17)10-3-4-11(14)8(2)13(10)16-7/h3-5H,6H2,1-2H3,(H2,15,17). The second kappa shape index (κ2) is 4.34. The Kier molecular flexibility index (Phi) is 3.03. The Morgan fingerprint density at radius 3 is 2.76 bits per heavy atom. The highest BCUT2D eigenvalue weighted by molar-refractivity contribution is 6.32. The van der Waals surface area contributed by atoms with Crippen LogP contribution in [0.1, 0.15) is 16.8 Å². The zero-order valence-corrected chi connectivity index (χ0v) is 10.5. The van der Waals surface area contributed by atoms with Crippen molar-refractivity contribution in [1.29, 1.82) is 0 Å². The fourth-order valence-corrected chi connectivity index (χ4v) is 2.10. The lowest BCUT2D eigenvalue weighted by Gasteiger charge is -2.09. The van der Waals surface area contributed by atoms with E-state index in [0.29, 0.717) is 5.02 Å². The van der Waals surface area contributed by atoms with E-state index in [2.05, 4.69) is 4.98 Å². The monoisotopic (exact) mass is 248 g/mol. The fourth-order valence-electron chi connectivity index (χ4n) is 1.95. The molecule has 2 aromatic rings. The maximum atomic E-state index is 11.1. The minimum Gasteiger partial charge on any atom is -0.369 e. The second-order valence-corrected chi connectivity index (χ2v) is 4.54. The Morgan fingerprint density at radius 2 is 2.12 bits per heavy atom. The molecule has 4 heteroatoms. The highest BCUT2D eigenvalue weighted by Crippen LogP contribution is 2.27. The largest absolute Gasteiger partial charge is 0.369 e. The predicted octanol–water partition coefficient (Wildman–Crippen LogP) is 2.53. The lowest BCUT2D eigenvalue weighted by Crippen LogP contribution is -2.14. The van der Waals surface area contributed by atoms with Gasteiger partial charge in [-0.2, -0.15) is 0 Å². The fraction of sp³-hybridized carbons (Fsp3) is 0.231. The van der Waals surface area contributed by atoms with Gasteiger partial charge in [-0.1, -0.05) is 17.7 Å². The molecule has 2 N–H and O–H groups in total. The number of pyridine rings is 1. The van der Waals surface area contributed by atoms with E-state index >= 15 is 0 Å². The van der Waals surface area contributed by atoms with Crippen molar-refractivity contribution in [2.24, 2.45) is 5.73 Å². The highest BCUT2D eigenvalue weighted by atomic mass is 35.5. The van der Waals surface area contributed by atoms with Crippen LogP contribution in [0.15, 0.2) is 18.2 Å². The number of nitrogens with zero attached hydrogens (tertiary/aromatic N) is 1. The van der Waals surface area contributed by atoms with Crippen LogP contribution in [0.25, 0.3) is 10.9 Å². The lowest BCUT2D eigenvalue weighted by atomic mass is 10.0. The van der Waals surface area contributed by atoms with E-state index in [9.17, 15) is 4.79 Å². The second-order valence-electron chi connectivity index (χ2n) is 4.13. The first-order chi connectivity index (χ1) is 7.99. The van der Waals surface area contributed by atoms with Gasteiger partial charge in [-0.25, -0.2) is 0 Å². The van der Waals surface area contributed by atoms with Gasteiger partial charge in [-0.15, -0.1) is 0 Å². The molecular formula is C13H13ClN2O. The number of aromatic nitrogens is 1. The summed E-state index contributed by atoms with van der Waals surface area (Å²) < 4.78 is 0. The van der Waals surface area contributed by atoms with E-state index in [0.717, 1.165) is 27.7 Å². The quantitative estimate of drug-likeness (QED) is 0.888. The summed E-state index contributed by atoms with van der Waals surface area (Å²) in [6.45, 7) is 3.81. The van der Waals surface area contributed by atoms with Crippen LogP contribution >= 0.6 is 11.6 Å². The number of rotatable bonds is 2. The van der Waals surface area contributed by atoms with Gasteiger partial charge in [-0.3, -0.25) is 9.78 Å². The zero-order chi connectivity index (χ0) is 12.6. The number of hydrogen-bond acceptors (Lipinski definition) is 2. The maximum absolute atomic E-state index is 11.1. The molecule has 0 aliphatic heterocycles. The van der Waals surface area contributed by atoms with Crippen molar-refractivity contribution < 1.29 is 4.79 Å². The van der Waals surface area contributed by atoms with Gasteiger partial charge < -0.3 is 5.73 Å². The molecule has 0 unspecified atom stereocenters. The molecule has 0 saturated heterocycles. The van der Waals surface area contributed by atoms with Crippen LogP contribution in [0.5, 0.6) is 0 Å². The highest BCUT2D eigenvalue weighted by Gasteiger charge is 2.10. The van der Waals surface area contributed by atoms with Crippen molar-refractivity contribution in [2.45, 2.75) is 20.3 Å². The molecule has 0 bridgehead atoms. The number of halogens is 1. The Morgan fingerprint density at radius 1 is 1.41 bits per heavy atom. The summed E-state index contributed by atoms with van der Waals surface area (Å²) in [7, 11) is 0. The molecule has 17 heavy (non-hydrogen) atoms. The van der Waals surface area contributed by atoms with E-state index < -0.39 is 0 Å². The van der Waals surface area contributed by atoms with Crippen LogP contribution in [-0.4, -0.2) is 10.9 Å². The van der Waals surface area contributed by atoms with Crippen LogP contribution < -0.4 is 5.73 Å². The first-order valence-corrected chi connectivity index (χ1v) is 5.70. The summed E-state index contributed by atoms with van der Waals surface area (Å²) in [5.74, 6) is -0.343.